The lowest BCUT2D eigenvalue weighted by Crippen LogP contribution is -2.04. The number of hydrogen-bond donors (Lipinski definition) is 0. The number of esters is 1. The van der Waals surface area contributed by atoms with Crippen LogP contribution in [0.15, 0.2) is 29.3 Å². The third-order valence-electron chi connectivity index (χ3n) is 1.75. The van der Waals surface area contributed by atoms with Crippen molar-refractivity contribution in [2.24, 2.45) is 4.99 Å². The molecule has 4 heteroatoms. The predicted octanol–water partition coefficient (Wildman–Crippen LogP) is 2.35. The quantitative estimate of drug-likeness (QED) is 0.566. The molecule has 1 rings (SSSR count). The molecule has 0 spiro atoms. The summed E-state index contributed by atoms with van der Waals surface area (Å²) in [4.78, 5) is 15.0. The molecule has 0 bridgehead atoms. The first-order valence-corrected chi connectivity index (χ1v) is 5.20. The third kappa shape index (κ3) is 4.13. The minimum absolute atomic E-state index is 0.355. The molecular formula is C12H15NO3. The third-order valence-corrected chi connectivity index (χ3v) is 1.75. The molecule has 0 saturated carbocycles. The van der Waals surface area contributed by atoms with Crippen LogP contribution < -0.4 is 4.74 Å². The van der Waals surface area contributed by atoms with E-state index in [1.807, 2.05) is 6.92 Å². The molecule has 4 nitrogen and oxygen atoms in total. The Hall–Kier alpha value is -1.84. The molecule has 0 fully saturated rings. The van der Waals surface area contributed by atoms with Gasteiger partial charge in [-0.3, -0.25) is 0 Å². The topological polar surface area (TPSA) is 47.9 Å². The van der Waals surface area contributed by atoms with E-state index in [9.17, 15) is 4.79 Å². The van der Waals surface area contributed by atoms with E-state index in [2.05, 4.69) is 4.99 Å². The van der Waals surface area contributed by atoms with Gasteiger partial charge in [-0.25, -0.2) is 9.79 Å². The Labute approximate surface area is 94.9 Å². The highest BCUT2D eigenvalue weighted by molar-refractivity contribution is 6.23. The van der Waals surface area contributed by atoms with Crippen molar-refractivity contribution in [2.75, 3.05) is 13.2 Å². The zero-order valence-corrected chi connectivity index (χ0v) is 9.47. The van der Waals surface area contributed by atoms with E-state index in [0.29, 0.717) is 18.9 Å². The molecule has 0 aromatic heterocycles. The van der Waals surface area contributed by atoms with Crippen molar-refractivity contribution in [1.82, 2.24) is 0 Å². The second-order valence-electron chi connectivity index (χ2n) is 2.94. The molecule has 0 unspecified atom stereocenters. The minimum Gasteiger partial charge on any atom is -0.494 e. The average Bonchev–Trinajstić information content (AvgIpc) is 2.29. The molecule has 0 amide bonds. The van der Waals surface area contributed by atoms with E-state index in [4.69, 9.17) is 9.47 Å². The van der Waals surface area contributed by atoms with Crippen LogP contribution in [0.3, 0.4) is 0 Å². The summed E-state index contributed by atoms with van der Waals surface area (Å²) >= 11 is 0. The number of benzene rings is 1. The van der Waals surface area contributed by atoms with Crippen molar-refractivity contribution in [2.45, 2.75) is 13.8 Å². The molecule has 0 aliphatic carbocycles. The second-order valence-corrected chi connectivity index (χ2v) is 2.94. The number of nitrogens with zero attached hydrogens (tertiary/aromatic N) is 1. The summed E-state index contributed by atoms with van der Waals surface area (Å²) in [7, 11) is 0. The van der Waals surface area contributed by atoms with E-state index in [-0.39, 0.29) is 0 Å². The van der Waals surface area contributed by atoms with E-state index < -0.39 is 5.97 Å². The maximum atomic E-state index is 11.0. The molecule has 0 heterocycles. The van der Waals surface area contributed by atoms with Crippen LogP contribution >= 0.6 is 0 Å². The Morgan fingerprint density at radius 2 is 1.94 bits per heavy atom. The fraction of sp³-hybridized carbons (Fsp3) is 0.333. The Morgan fingerprint density at radius 1 is 1.25 bits per heavy atom. The van der Waals surface area contributed by atoms with Gasteiger partial charge in [0.15, 0.2) is 0 Å². The van der Waals surface area contributed by atoms with E-state index in [1.165, 1.54) is 6.21 Å². The van der Waals surface area contributed by atoms with Crippen molar-refractivity contribution in [3.63, 3.8) is 0 Å². The summed E-state index contributed by atoms with van der Waals surface area (Å²) in [6.07, 6.45) is 1.17. The molecule has 16 heavy (non-hydrogen) atoms. The number of ether oxygens (including phenoxy) is 2. The molecule has 86 valence electrons. The van der Waals surface area contributed by atoms with Gasteiger partial charge in [0.1, 0.15) is 12.0 Å². The Bertz CT molecular complexity index is 357. The van der Waals surface area contributed by atoms with Crippen LogP contribution in [-0.4, -0.2) is 25.4 Å². The van der Waals surface area contributed by atoms with Gasteiger partial charge >= 0.3 is 5.97 Å². The van der Waals surface area contributed by atoms with Crippen LogP contribution in [0.2, 0.25) is 0 Å². The summed E-state index contributed by atoms with van der Waals surface area (Å²) < 4.78 is 9.99. The lowest BCUT2D eigenvalue weighted by atomic mass is 10.3. The van der Waals surface area contributed by atoms with E-state index in [0.717, 1.165) is 5.75 Å². The van der Waals surface area contributed by atoms with E-state index >= 15 is 0 Å². The first-order chi connectivity index (χ1) is 7.76. The lowest BCUT2D eigenvalue weighted by molar-refractivity contribution is -0.134. The largest absolute Gasteiger partial charge is 0.494 e. The molecule has 0 N–H and O–H groups in total. The first kappa shape index (κ1) is 12.2. The fourth-order valence-electron chi connectivity index (χ4n) is 1.10. The van der Waals surface area contributed by atoms with Gasteiger partial charge in [0, 0.05) is 0 Å². The summed E-state index contributed by atoms with van der Waals surface area (Å²) in [5.74, 6) is 0.356. The SMILES string of the molecule is CCOC(=O)C=Nc1ccc(OCC)cc1. The Morgan fingerprint density at radius 3 is 2.50 bits per heavy atom. The van der Waals surface area contributed by atoms with Crippen molar-refractivity contribution in [3.05, 3.63) is 24.3 Å². The average molecular weight is 221 g/mol. The Balaban J connectivity index is 2.57. The maximum absolute atomic E-state index is 11.0. The van der Waals surface area contributed by atoms with Crippen LogP contribution in [-0.2, 0) is 9.53 Å². The number of rotatable bonds is 5. The monoisotopic (exact) mass is 221 g/mol. The van der Waals surface area contributed by atoms with Gasteiger partial charge in [0.25, 0.3) is 0 Å². The standard InChI is InChI=1S/C12H15NO3/c1-3-15-11-7-5-10(6-8-11)13-9-12(14)16-4-2/h5-9H,3-4H2,1-2H3. The minimum atomic E-state index is -0.434. The number of aliphatic imine (C=N–C) groups is 1. The molecule has 0 aliphatic heterocycles. The smallest absolute Gasteiger partial charge is 0.349 e. The summed E-state index contributed by atoms with van der Waals surface area (Å²) in [6, 6.07) is 7.17. The maximum Gasteiger partial charge on any atom is 0.349 e. The van der Waals surface area contributed by atoms with Crippen LogP contribution in [0.25, 0.3) is 0 Å². The van der Waals surface area contributed by atoms with Gasteiger partial charge in [-0.1, -0.05) is 0 Å². The molecule has 0 saturated heterocycles. The van der Waals surface area contributed by atoms with Gasteiger partial charge in [0.2, 0.25) is 0 Å². The highest BCUT2D eigenvalue weighted by Crippen LogP contribution is 2.17. The van der Waals surface area contributed by atoms with Gasteiger partial charge in [-0.15, -0.1) is 0 Å². The van der Waals surface area contributed by atoms with Gasteiger partial charge in [-0.2, -0.15) is 0 Å². The summed E-state index contributed by atoms with van der Waals surface area (Å²) in [6.45, 7) is 4.66. The summed E-state index contributed by atoms with van der Waals surface area (Å²) in [5.41, 5.74) is 0.691. The van der Waals surface area contributed by atoms with E-state index in [1.54, 1.807) is 31.2 Å². The number of hydrogen-bond acceptors (Lipinski definition) is 4. The van der Waals surface area contributed by atoms with Crippen LogP contribution in [0.1, 0.15) is 13.8 Å². The highest BCUT2D eigenvalue weighted by atomic mass is 16.5. The lowest BCUT2D eigenvalue weighted by Gasteiger charge is -2.01. The fourth-order valence-corrected chi connectivity index (χ4v) is 1.10. The van der Waals surface area contributed by atoms with Crippen LogP contribution in [0.4, 0.5) is 5.69 Å². The van der Waals surface area contributed by atoms with Gasteiger partial charge < -0.3 is 9.47 Å². The van der Waals surface area contributed by atoms with Crippen molar-refractivity contribution < 1.29 is 14.3 Å². The van der Waals surface area contributed by atoms with Gasteiger partial charge in [0.05, 0.1) is 18.9 Å². The molecule has 1 aromatic rings. The normalized spacial score (nSPS) is 10.4. The zero-order valence-electron chi connectivity index (χ0n) is 9.47. The molecule has 0 aliphatic rings. The molecule has 1 aromatic carbocycles. The number of carbonyl (C=O) groups is 1. The van der Waals surface area contributed by atoms with Crippen molar-refractivity contribution in [3.8, 4) is 5.75 Å². The number of carbonyl (C=O) groups excluding carboxylic acids is 1. The molecule has 0 atom stereocenters. The van der Waals surface area contributed by atoms with Crippen molar-refractivity contribution >= 4 is 17.9 Å². The molecule has 0 radical (unpaired) electrons. The predicted molar refractivity (Wildman–Crippen MR) is 62.4 cm³/mol. The van der Waals surface area contributed by atoms with Crippen molar-refractivity contribution in [1.29, 1.82) is 0 Å². The van der Waals surface area contributed by atoms with Crippen LogP contribution in [0, 0.1) is 0 Å². The van der Waals surface area contributed by atoms with Gasteiger partial charge in [-0.05, 0) is 38.1 Å². The highest BCUT2D eigenvalue weighted by Gasteiger charge is 1.96. The Kier molecular flexibility index (Phi) is 5.05. The molecular weight excluding hydrogens is 206 g/mol. The summed E-state index contributed by atoms with van der Waals surface area (Å²) in [5, 5.41) is 0. The second kappa shape index (κ2) is 6.61. The first-order valence-electron chi connectivity index (χ1n) is 5.20. The van der Waals surface area contributed by atoms with Crippen LogP contribution in [0.5, 0.6) is 5.75 Å². The zero-order chi connectivity index (χ0) is 11.8.